The first-order valence-electron chi connectivity index (χ1n) is 7.82. The van der Waals surface area contributed by atoms with E-state index in [1.165, 1.54) is 19.2 Å². The number of carbonyl (C=O) groups excluding carboxylic acids is 2. The molecule has 0 saturated carbocycles. The molecular formula is C19H20FNO4. The molecule has 6 heteroatoms. The first-order chi connectivity index (χ1) is 12.0. The largest absolute Gasteiger partial charge is 0.496 e. The van der Waals surface area contributed by atoms with Gasteiger partial charge in [0.1, 0.15) is 17.1 Å². The molecule has 2 rings (SSSR count). The van der Waals surface area contributed by atoms with Crippen molar-refractivity contribution < 1.29 is 23.5 Å². The number of hydrogen-bond donors (Lipinski definition) is 1. The van der Waals surface area contributed by atoms with Crippen molar-refractivity contribution in [2.45, 2.75) is 13.3 Å². The third-order valence-corrected chi connectivity index (χ3v) is 3.56. The monoisotopic (exact) mass is 345 g/mol. The molecule has 0 radical (unpaired) electrons. The van der Waals surface area contributed by atoms with Gasteiger partial charge in [-0.15, -0.1) is 0 Å². The van der Waals surface area contributed by atoms with Crippen LogP contribution in [-0.4, -0.2) is 32.1 Å². The number of ether oxygens (including phenoxy) is 2. The van der Waals surface area contributed by atoms with Gasteiger partial charge in [0.25, 0.3) is 5.91 Å². The Kier molecular flexibility index (Phi) is 6.51. The highest BCUT2D eigenvalue weighted by Gasteiger charge is 2.15. The molecule has 0 aliphatic rings. The topological polar surface area (TPSA) is 64.6 Å². The Morgan fingerprint density at radius 1 is 1.12 bits per heavy atom. The Morgan fingerprint density at radius 2 is 1.84 bits per heavy atom. The van der Waals surface area contributed by atoms with Crippen LogP contribution in [0.15, 0.2) is 42.5 Å². The standard InChI is InChI=1S/C19H20FNO4/c1-13-3-8-17(24-2)16(11-13)19(23)25-12-18(22)21-10-9-14-4-6-15(20)7-5-14/h3-8,11H,9-10,12H2,1-2H3,(H,21,22). The van der Waals surface area contributed by atoms with Crippen LogP contribution in [0.1, 0.15) is 21.5 Å². The highest BCUT2D eigenvalue weighted by atomic mass is 19.1. The molecule has 0 saturated heterocycles. The van der Waals surface area contributed by atoms with Gasteiger partial charge in [-0.1, -0.05) is 23.8 Å². The molecule has 0 aliphatic carbocycles. The van der Waals surface area contributed by atoms with Gasteiger partial charge >= 0.3 is 5.97 Å². The predicted octanol–water partition coefficient (Wildman–Crippen LogP) is 2.66. The van der Waals surface area contributed by atoms with Crippen LogP contribution in [0.4, 0.5) is 4.39 Å². The molecule has 5 nitrogen and oxygen atoms in total. The molecule has 0 heterocycles. The number of amides is 1. The Morgan fingerprint density at radius 3 is 2.52 bits per heavy atom. The molecule has 2 aromatic carbocycles. The molecule has 0 unspecified atom stereocenters. The molecular weight excluding hydrogens is 325 g/mol. The lowest BCUT2D eigenvalue weighted by molar-refractivity contribution is -0.124. The van der Waals surface area contributed by atoms with Crippen molar-refractivity contribution in [2.24, 2.45) is 0 Å². The van der Waals surface area contributed by atoms with E-state index in [1.54, 1.807) is 24.3 Å². The zero-order valence-electron chi connectivity index (χ0n) is 14.2. The summed E-state index contributed by atoms with van der Waals surface area (Å²) in [5.41, 5.74) is 2.07. The molecule has 132 valence electrons. The van der Waals surface area contributed by atoms with E-state index in [-0.39, 0.29) is 18.0 Å². The second-order valence-corrected chi connectivity index (χ2v) is 5.51. The molecule has 0 aliphatic heterocycles. The number of esters is 1. The van der Waals surface area contributed by atoms with Gasteiger partial charge in [0, 0.05) is 6.54 Å². The van der Waals surface area contributed by atoms with Crippen molar-refractivity contribution in [3.8, 4) is 5.75 Å². The third kappa shape index (κ3) is 5.60. The average Bonchev–Trinajstić information content (AvgIpc) is 2.61. The van der Waals surface area contributed by atoms with Crippen LogP contribution < -0.4 is 10.1 Å². The molecule has 1 N–H and O–H groups in total. The molecule has 2 aromatic rings. The fourth-order valence-electron chi connectivity index (χ4n) is 2.24. The van der Waals surface area contributed by atoms with Crippen molar-refractivity contribution in [1.29, 1.82) is 0 Å². The molecule has 0 atom stereocenters. The van der Waals surface area contributed by atoms with Crippen molar-refractivity contribution in [3.05, 3.63) is 65.0 Å². The van der Waals surface area contributed by atoms with E-state index in [2.05, 4.69) is 5.32 Å². The number of aryl methyl sites for hydroxylation is 1. The van der Waals surface area contributed by atoms with Gasteiger partial charge in [-0.25, -0.2) is 9.18 Å². The van der Waals surface area contributed by atoms with E-state index in [0.717, 1.165) is 11.1 Å². The number of methoxy groups -OCH3 is 1. The number of benzene rings is 2. The summed E-state index contributed by atoms with van der Waals surface area (Å²) in [6, 6.07) is 11.2. The van der Waals surface area contributed by atoms with Crippen molar-refractivity contribution >= 4 is 11.9 Å². The highest BCUT2D eigenvalue weighted by molar-refractivity contribution is 5.94. The average molecular weight is 345 g/mol. The van der Waals surface area contributed by atoms with Crippen LogP contribution in [0.5, 0.6) is 5.75 Å². The van der Waals surface area contributed by atoms with Crippen LogP contribution >= 0.6 is 0 Å². The SMILES string of the molecule is COc1ccc(C)cc1C(=O)OCC(=O)NCCc1ccc(F)cc1. The molecule has 1 amide bonds. The number of hydrogen-bond acceptors (Lipinski definition) is 4. The maximum Gasteiger partial charge on any atom is 0.342 e. The zero-order chi connectivity index (χ0) is 18.2. The Balaban J connectivity index is 1.78. The quantitative estimate of drug-likeness (QED) is 0.784. The minimum Gasteiger partial charge on any atom is -0.496 e. The van der Waals surface area contributed by atoms with Gasteiger partial charge in [0.05, 0.1) is 7.11 Å². The molecule has 0 fully saturated rings. The van der Waals surface area contributed by atoms with Gasteiger partial charge < -0.3 is 14.8 Å². The van der Waals surface area contributed by atoms with Gasteiger partial charge in [-0.3, -0.25) is 4.79 Å². The van der Waals surface area contributed by atoms with E-state index in [1.807, 2.05) is 13.0 Å². The highest BCUT2D eigenvalue weighted by Crippen LogP contribution is 2.20. The van der Waals surface area contributed by atoms with E-state index >= 15 is 0 Å². The van der Waals surface area contributed by atoms with Crippen LogP contribution in [-0.2, 0) is 16.0 Å². The first-order valence-corrected chi connectivity index (χ1v) is 7.82. The minimum absolute atomic E-state index is 0.279. The molecule has 0 aromatic heterocycles. The van der Waals surface area contributed by atoms with Gasteiger partial charge in [0.15, 0.2) is 6.61 Å². The second kappa shape index (κ2) is 8.82. The van der Waals surface area contributed by atoms with Crippen LogP contribution in [0.2, 0.25) is 0 Å². The zero-order valence-corrected chi connectivity index (χ0v) is 14.2. The fourth-order valence-corrected chi connectivity index (χ4v) is 2.24. The van der Waals surface area contributed by atoms with Gasteiger partial charge in [-0.05, 0) is 43.2 Å². The molecule has 25 heavy (non-hydrogen) atoms. The maximum atomic E-state index is 12.8. The summed E-state index contributed by atoms with van der Waals surface area (Å²) in [6.45, 7) is 1.84. The molecule has 0 bridgehead atoms. The summed E-state index contributed by atoms with van der Waals surface area (Å²) in [4.78, 5) is 23.9. The lowest BCUT2D eigenvalue weighted by Crippen LogP contribution is -2.30. The lowest BCUT2D eigenvalue weighted by Gasteiger charge is -2.10. The smallest absolute Gasteiger partial charge is 0.342 e. The first kappa shape index (κ1) is 18.4. The predicted molar refractivity (Wildman–Crippen MR) is 91.1 cm³/mol. The summed E-state index contributed by atoms with van der Waals surface area (Å²) in [7, 11) is 1.46. The van der Waals surface area contributed by atoms with E-state index in [4.69, 9.17) is 9.47 Å². The number of nitrogens with one attached hydrogen (secondary N) is 1. The Hall–Kier alpha value is -2.89. The minimum atomic E-state index is -0.616. The van der Waals surface area contributed by atoms with E-state index in [9.17, 15) is 14.0 Å². The maximum absolute atomic E-state index is 12.8. The summed E-state index contributed by atoms with van der Waals surface area (Å²) < 4.78 is 23.0. The lowest BCUT2D eigenvalue weighted by atomic mass is 10.1. The number of carbonyl (C=O) groups is 2. The second-order valence-electron chi connectivity index (χ2n) is 5.51. The Bertz CT molecular complexity index is 744. The number of halogens is 1. The van der Waals surface area contributed by atoms with Gasteiger partial charge in [0.2, 0.25) is 0 Å². The summed E-state index contributed by atoms with van der Waals surface area (Å²) >= 11 is 0. The third-order valence-electron chi connectivity index (χ3n) is 3.56. The Labute approximate surface area is 145 Å². The van der Waals surface area contributed by atoms with E-state index < -0.39 is 11.9 Å². The summed E-state index contributed by atoms with van der Waals surface area (Å²) in [5, 5.41) is 2.65. The van der Waals surface area contributed by atoms with Crippen LogP contribution in [0.25, 0.3) is 0 Å². The number of rotatable bonds is 7. The van der Waals surface area contributed by atoms with Crippen LogP contribution in [0, 0.1) is 12.7 Å². The van der Waals surface area contributed by atoms with Crippen molar-refractivity contribution in [1.82, 2.24) is 5.32 Å². The van der Waals surface area contributed by atoms with Crippen molar-refractivity contribution in [2.75, 3.05) is 20.3 Å². The fraction of sp³-hybridized carbons (Fsp3) is 0.263. The van der Waals surface area contributed by atoms with Crippen molar-refractivity contribution in [3.63, 3.8) is 0 Å². The van der Waals surface area contributed by atoms with E-state index in [0.29, 0.717) is 18.7 Å². The summed E-state index contributed by atoms with van der Waals surface area (Å²) in [5.74, 6) is -0.921. The normalized spacial score (nSPS) is 10.2. The summed E-state index contributed by atoms with van der Waals surface area (Å²) in [6.07, 6.45) is 0.561. The molecule has 0 spiro atoms. The van der Waals surface area contributed by atoms with Gasteiger partial charge in [-0.2, -0.15) is 0 Å². The van der Waals surface area contributed by atoms with Crippen LogP contribution in [0.3, 0.4) is 0 Å².